The van der Waals surface area contributed by atoms with Crippen LogP contribution < -0.4 is 10.6 Å². The molecule has 0 saturated carbocycles. The fourth-order valence-electron chi connectivity index (χ4n) is 2.05. The van der Waals surface area contributed by atoms with Crippen LogP contribution in [0.3, 0.4) is 0 Å². The maximum absolute atomic E-state index is 11.7. The average molecular weight is 298 g/mol. The van der Waals surface area contributed by atoms with Gasteiger partial charge in [0.25, 0.3) is 0 Å². The van der Waals surface area contributed by atoms with Gasteiger partial charge < -0.3 is 10.6 Å². The maximum atomic E-state index is 11.7. The Kier molecular flexibility index (Phi) is 4.89. The number of sulfone groups is 1. The highest BCUT2D eigenvalue weighted by atomic mass is 32.2. The Morgan fingerprint density at radius 1 is 1.35 bits per heavy atom. The van der Waals surface area contributed by atoms with Gasteiger partial charge in [-0.1, -0.05) is 0 Å². The van der Waals surface area contributed by atoms with Crippen LogP contribution in [-0.4, -0.2) is 48.4 Å². The summed E-state index contributed by atoms with van der Waals surface area (Å²) in [4.78, 5) is 19.7. The van der Waals surface area contributed by atoms with Gasteiger partial charge in [-0.3, -0.25) is 4.79 Å². The highest BCUT2D eigenvalue weighted by Gasteiger charge is 2.28. The zero-order valence-electron chi connectivity index (χ0n) is 11.1. The molecule has 0 unspecified atom stereocenters. The number of anilines is 1. The van der Waals surface area contributed by atoms with E-state index in [-0.39, 0.29) is 23.5 Å². The van der Waals surface area contributed by atoms with Gasteiger partial charge in [0.05, 0.1) is 11.5 Å². The lowest BCUT2D eigenvalue weighted by Gasteiger charge is -2.10. The monoisotopic (exact) mass is 298 g/mol. The molecule has 7 nitrogen and oxygen atoms in total. The average Bonchev–Trinajstić information content (AvgIpc) is 2.75. The molecule has 1 amide bonds. The Morgan fingerprint density at radius 2 is 2.10 bits per heavy atom. The number of nitrogens with zero attached hydrogens (tertiary/aromatic N) is 2. The van der Waals surface area contributed by atoms with Crippen LogP contribution in [-0.2, 0) is 14.6 Å². The minimum atomic E-state index is -2.95. The molecule has 2 heterocycles. The van der Waals surface area contributed by atoms with Gasteiger partial charge in [-0.15, -0.1) is 0 Å². The summed E-state index contributed by atoms with van der Waals surface area (Å²) in [6.45, 7) is 0.598. The third kappa shape index (κ3) is 4.76. The Morgan fingerprint density at radius 3 is 2.75 bits per heavy atom. The molecule has 110 valence electrons. The van der Waals surface area contributed by atoms with Crippen molar-refractivity contribution in [2.24, 2.45) is 0 Å². The minimum absolute atomic E-state index is 0.0643. The summed E-state index contributed by atoms with van der Waals surface area (Å²) in [5, 5.41) is 5.76. The van der Waals surface area contributed by atoms with E-state index in [1.165, 1.54) is 0 Å². The van der Waals surface area contributed by atoms with Crippen molar-refractivity contribution in [3.05, 3.63) is 18.5 Å². The van der Waals surface area contributed by atoms with E-state index >= 15 is 0 Å². The summed E-state index contributed by atoms with van der Waals surface area (Å²) in [6, 6.07) is 1.51. The van der Waals surface area contributed by atoms with Crippen LogP contribution in [0, 0.1) is 0 Å². The van der Waals surface area contributed by atoms with Crippen molar-refractivity contribution in [1.82, 2.24) is 15.3 Å². The summed E-state index contributed by atoms with van der Waals surface area (Å²) in [5.41, 5.74) is 0. The van der Waals surface area contributed by atoms with Gasteiger partial charge in [0, 0.05) is 31.4 Å². The van der Waals surface area contributed by atoms with Gasteiger partial charge in [0.2, 0.25) is 11.9 Å². The molecule has 0 spiro atoms. The van der Waals surface area contributed by atoms with Gasteiger partial charge in [-0.25, -0.2) is 18.4 Å². The quantitative estimate of drug-likeness (QED) is 0.715. The van der Waals surface area contributed by atoms with Crippen molar-refractivity contribution < 1.29 is 13.2 Å². The largest absolute Gasteiger partial charge is 0.354 e. The predicted octanol–water partition coefficient (Wildman–Crippen LogP) is -0.0280. The van der Waals surface area contributed by atoms with Gasteiger partial charge in [-0.2, -0.15) is 0 Å². The molecule has 1 aliphatic heterocycles. The van der Waals surface area contributed by atoms with Crippen molar-refractivity contribution in [1.29, 1.82) is 0 Å². The van der Waals surface area contributed by atoms with E-state index in [0.29, 0.717) is 31.8 Å². The molecule has 1 saturated heterocycles. The molecule has 0 bridgehead atoms. The Bertz CT molecular complexity index is 547. The molecule has 2 N–H and O–H groups in total. The van der Waals surface area contributed by atoms with E-state index in [4.69, 9.17) is 0 Å². The summed E-state index contributed by atoms with van der Waals surface area (Å²) < 4.78 is 22.5. The Labute approximate surface area is 118 Å². The predicted molar refractivity (Wildman–Crippen MR) is 75.0 cm³/mol. The summed E-state index contributed by atoms with van der Waals surface area (Å²) in [5.74, 6) is 0.664. The van der Waals surface area contributed by atoms with Crippen LogP contribution in [0.25, 0.3) is 0 Å². The van der Waals surface area contributed by atoms with Crippen molar-refractivity contribution in [3.63, 3.8) is 0 Å². The molecule has 1 fully saturated rings. The van der Waals surface area contributed by atoms with E-state index < -0.39 is 9.84 Å². The van der Waals surface area contributed by atoms with Crippen molar-refractivity contribution in [3.8, 4) is 0 Å². The minimum Gasteiger partial charge on any atom is -0.354 e. The molecule has 0 aromatic carbocycles. The van der Waals surface area contributed by atoms with E-state index in [0.717, 1.165) is 0 Å². The van der Waals surface area contributed by atoms with Crippen LogP contribution in [0.2, 0.25) is 0 Å². The Balaban J connectivity index is 1.61. The normalized spacial score (nSPS) is 20.5. The van der Waals surface area contributed by atoms with E-state index in [1.807, 2.05) is 0 Å². The topological polar surface area (TPSA) is 101 Å². The molecular formula is C12H18N4O3S. The number of nitrogens with one attached hydrogen (secondary N) is 2. The molecule has 1 atom stereocenters. The number of carbonyl (C=O) groups excluding carboxylic acids is 1. The van der Waals surface area contributed by atoms with Crippen LogP contribution >= 0.6 is 0 Å². The first kappa shape index (κ1) is 14.7. The first-order chi connectivity index (χ1) is 9.55. The third-order valence-corrected chi connectivity index (χ3v) is 4.79. The van der Waals surface area contributed by atoms with Crippen LogP contribution in [0.1, 0.15) is 19.3 Å². The van der Waals surface area contributed by atoms with E-state index in [9.17, 15) is 13.2 Å². The van der Waals surface area contributed by atoms with E-state index in [1.54, 1.807) is 18.5 Å². The second-order valence-electron chi connectivity index (χ2n) is 4.77. The van der Waals surface area contributed by atoms with Crippen LogP contribution in [0.4, 0.5) is 5.95 Å². The summed E-state index contributed by atoms with van der Waals surface area (Å²) in [7, 11) is -2.95. The fraction of sp³-hybridized carbons (Fsp3) is 0.583. The number of hydrogen-bond acceptors (Lipinski definition) is 6. The third-order valence-electron chi connectivity index (χ3n) is 3.03. The lowest BCUT2D eigenvalue weighted by molar-refractivity contribution is -0.121. The maximum Gasteiger partial charge on any atom is 0.222 e. The lowest BCUT2D eigenvalue weighted by Crippen LogP contribution is -2.35. The second-order valence-corrected chi connectivity index (χ2v) is 7.00. The van der Waals surface area contributed by atoms with Crippen molar-refractivity contribution in [2.45, 2.75) is 25.3 Å². The van der Waals surface area contributed by atoms with Gasteiger partial charge in [0.15, 0.2) is 9.84 Å². The number of hydrogen-bond donors (Lipinski definition) is 2. The molecule has 1 aliphatic rings. The first-order valence-corrected chi connectivity index (χ1v) is 8.38. The first-order valence-electron chi connectivity index (χ1n) is 6.56. The number of carbonyl (C=O) groups is 1. The zero-order chi connectivity index (χ0) is 14.4. The molecule has 1 aromatic heterocycles. The SMILES string of the molecule is O=C(CCCNc1ncccn1)N[C@H]1CCS(=O)(=O)C1. The molecule has 2 rings (SSSR count). The summed E-state index contributed by atoms with van der Waals surface area (Å²) >= 11 is 0. The van der Waals surface area contributed by atoms with Crippen LogP contribution in [0.15, 0.2) is 18.5 Å². The highest BCUT2D eigenvalue weighted by molar-refractivity contribution is 7.91. The number of rotatable bonds is 6. The second kappa shape index (κ2) is 6.65. The number of aromatic nitrogens is 2. The smallest absolute Gasteiger partial charge is 0.222 e. The Hall–Kier alpha value is -1.70. The molecule has 8 heteroatoms. The van der Waals surface area contributed by atoms with Gasteiger partial charge in [0.1, 0.15) is 0 Å². The van der Waals surface area contributed by atoms with Gasteiger partial charge >= 0.3 is 0 Å². The number of amides is 1. The molecule has 1 aromatic rings. The standard InChI is InChI=1S/C12H18N4O3S/c17-11(16-10-4-8-20(18,19)9-10)3-1-5-13-12-14-6-2-7-15-12/h2,6-7,10H,1,3-5,8-9H2,(H,16,17)(H,13,14,15)/t10-/m0/s1. The van der Waals surface area contributed by atoms with Crippen molar-refractivity contribution >= 4 is 21.7 Å². The zero-order valence-corrected chi connectivity index (χ0v) is 11.9. The summed E-state index contributed by atoms with van der Waals surface area (Å²) in [6.07, 6.45) is 4.80. The van der Waals surface area contributed by atoms with E-state index in [2.05, 4.69) is 20.6 Å². The highest BCUT2D eigenvalue weighted by Crippen LogP contribution is 2.11. The molecule has 20 heavy (non-hydrogen) atoms. The molecule has 0 aliphatic carbocycles. The molecule has 0 radical (unpaired) electrons. The lowest BCUT2D eigenvalue weighted by atomic mass is 10.2. The van der Waals surface area contributed by atoms with Crippen molar-refractivity contribution in [2.75, 3.05) is 23.4 Å². The van der Waals surface area contributed by atoms with Gasteiger partial charge in [-0.05, 0) is 18.9 Å². The fourth-order valence-corrected chi connectivity index (χ4v) is 3.72. The van der Waals surface area contributed by atoms with Crippen LogP contribution in [0.5, 0.6) is 0 Å². The molecular weight excluding hydrogens is 280 g/mol.